The van der Waals surface area contributed by atoms with E-state index in [2.05, 4.69) is 13.0 Å². The summed E-state index contributed by atoms with van der Waals surface area (Å²) in [5, 5.41) is 51.0. The van der Waals surface area contributed by atoms with E-state index in [0.29, 0.717) is 29.9 Å². The SMILES string of the molecule is C[C@H]1OC(Oc2ccc3c(c2)CC[C@@H]2[C@@H]3CC[C@]3(C)[C@@H](O)[C@H](O)C[C@@H]23)[C@H](O)[C@@H](O)[C@@H]1O. The zero-order valence-corrected chi connectivity index (χ0v) is 18.1. The summed E-state index contributed by atoms with van der Waals surface area (Å²) in [4.78, 5) is 0. The van der Waals surface area contributed by atoms with E-state index in [1.807, 2.05) is 12.1 Å². The maximum atomic E-state index is 10.6. The molecule has 0 aromatic heterocycles. The maximum absolute atomic E-state index is 10.6. The molecule has 3 fully saturated rings. The predicted molar refractivity (Wildman–Crippen MR) is 111 cm³/mol. The van der Waals surface area contributed by atoms with E-state index in [0.717, 1.165) is 25.7 Å². The van der Waals surface area contributed by atoms with Crippen molar-refractivity contribution in [2.75, 3.05) is 0 Å². The molecule has 7 heteroatoms. The van der Waals surface area contributed by atoms with Crippen LogP contribution in [0.15, 0.2) is 18.2 Å². The lowest BCUT2D eigenvalue weighted by Gasteiger charge is -2.50. The second-order valence-corrected chi connectivity index (χ2v) is 10.4. The Labute approximate surface area is 182 Å². The summed E-state index contributed by atoms with van der Waals surface area (Å²) in [5.74, 6) is 1.79. The molecule has 0 spiro atoms. The number of rotatable bonds is 2. The molecule has 5 N–H and O–H groups in total. The third kappa shape index (κ3) is 3.33. The molecule has 0 radical (unpaired) electrons. The number of aryl methyl sites for hydroxylation is 1. The van der Waals surface area contributed by atoms with Crippen LogP contribution < -0.4 is 4.74 Å². The second kappa shape index (κ2) is 7.68. The Morgan fingerprint density at radius 2 is 1.81 bits per heavy atom. The second-order valence-electron chi connectivity index (χ2n) is 10.4. The van der Waals surface area contributed by atoms with E-state index in [4.69, 9.17) is 9.47 Å². The Kier molecular flexibility index (Phi) is 5.35. The Morgan fingerprint density at radius 3 is 2.58 bits per heavy atom. The highest BCUT2D eigenvalue weighted by Gasteiger charge is 2.57. The van der Waals surface area contributed by atoms with Crippen molar-refractivity contribution >= 4 is 0 Å². The minimum Gasteiger partial charge on any atom is -0.462 e. The van der Waals surface area contributed by atoms with Gasteiger partial charge in [0.15, 0.2) is 0 Å². The van der Waals surface area contributed by atoms with Crippen LogP contribution in [-0.4, -0.2) is 68.4 Å². The van der Waals surface area contributed by atoms with Gasteiger partial charge in [0.05, 0.1) is 18.3 Å². The van der Waals surface area contributed by atoms with Crippen LogP contribution in [0.4, 0.5) is 0 Å². The molecule has 11 atom stereocenters. The van der Waals surface area contributed by atoms with Crippen molar-refractivity contribution in [3.63, 3.8) is 0 Å². The molecule has 0 amide bonds. The third-order valence-corrected chi connectivity index (χ3v) is 8.73. The minimum absolute atomic E-state index is 0.197. The molecular weight excluding hydrogens is 400 g/mol. The van der Waals surface area contributed by atoms with Crippen LogP contribution in [0.3, 0.4) is 0 Å². The molecular formula is C24H34O7. The van der Waals surface area contributed by atoms with Crippen molar-refractivity contribution in [1.29, 1.82) is 0 Å². The van der Waals surface area contributed by atoms with E-state index >= 15 is 0 Å². The smallest absolute Gasteiger partial charge is 0.229 e. The van der Waals surface area contributed by atoms with Gasteiger partial charge in [-0.3, -0.25) is 0 Å². The van der Waals surface area contributed by atoms with Crippen molar-refractivity contribution in [1.82, 2.24) is 0 Å². The number of ether oxygens (including phenoxy) is 2. The van der Waals surface area contributed by atoms with Crippen molar-refractivity contribution in [2.45, 2.75) is 94.8 Å². The highest BCUT2D eigenvalue weighted by Crippen LogP contribution is 2.61. The molecule has 1 heterocycles. The lowest BCUT2D eigenvalue weighted by Crippen LogP contribution is -2.58. The summed E-state index contributed by atoms with van der Waals surface area (Å²) in [6.45, 7) is 3.78. The number of benzene rings is 1. The third-order valence-electron chi connectivity index (χ3n) is 8.73. The summed E-state index contributed by atoms with van der Waals surface area (Å²) in [6, 6.07) is 5.97. The van der Waals surface area contributed by atoms with Gasteiger partial charge in [0.25, 0.3) is 0 Å². The van der Waals surface area contributed by atoms with E-state index < -0.39 is 42.9 Å². The van der Waals surface area contributed by atoms with E-state index in [1.54, 1.807) is 6.92 Å². The zero-order chi connectivity index (χ0) is 22.1. The van der Waals surface area contributed by atoms with E-state index in [-0.39, 0.29) is 5.41 Å². The molecule has 2 saturated carbocycles. The number of aliphatic hydroxyl groups excluding tert-OH is 5. The summed E-state index contributed by atoms with van der Waals surface area (Å²) < 4.78 is 11.4. The molecule has 0 bridgehead atoms. The average molecular weight is 435 g/mol. The van der Waals surface area contributed by atoms with Crippen LogP contribution in [0.5, 0.6) is 5.75 Å². The number of hydrogen-bond donors (Lipinski definition) is 5. The van der Waals surface area contributed by atoms with Gasteiger partial charge in [-0.1, -0.05) is 13.0 Å². The van der Waals surface area contributed by atoms with E-state index in [9.17, 15) is 25.5 Å². The molecule has 5 rings (SSSR count). The van der Waals surface area contributed by atoms with Gasteiger partial charge in [0.2, 0.25) is 6.29 Å². The van der Waals surface area contributed by atoms with Gasteiger partial charge < -0.3 is 35.0 Å². The Balaban J connectivity index is 1.34. The minimum atomic E-state index is -1.33. The van der Waals surface area contributed by atoms with Gasteiger partial charge >= 0.3 is 0 Å². The van der Waals surface area contributed by atoms with E-state index in [1.165, 1.54) is 11.1 Å². The van der Waals surface area contributed by atoms with Crippen molar-refractivity contribution in [3.8, 4) is 5.75 Å². The highest BCUT2D eigenvalue weighted by atomic mass is 16.7. The van der Waals surface area contributed by atoms with Gasteiger partial charge in [0, 0.05) is 0 Å². The zero-order valence-electron chi connectivity index (χ0n) is 18.1. The fourth-order valence-electron chi connectivity index (χ4n) is 6.86. The first-order valence-corrected chi connectivity index (χ1v) is 11.6. The molecule has 1 saturated heterocycles. The van der Waals surface area contributed by atoms with Gasteiger partial charge in [-0.2, -0.15) is 0 Å². The fourth-order valence-corrected chi connectivity index (χ4v) is 6.86. The molecule has 31 heavy (non-hydrogen) atoms. The van der Waals surface area contributed by atoms with Crippen molar-refractivity contribution in [3.05, 3.63) is 29.3 Å². The molecule has 3 aliphatic carbocycles. The van der Waals surface area contributed by atoms with Crippen LogP contribution in [-0.2, 0) is 11.2 Å². The molecule has 1 aromatic carbocycles. The molecule has 1 unspecified atom stereocenters. The Bertz CT molecular complexity index is 830. The summed E-state index contributed by atoms with van der Waals surface area (Å²) >= 11 is 0. The predicted octanol–water partition coefficient (Wildman–Crippen LogP) is 1.08. The quantitative estimate of drug-likeness (QED) is 0.473. The van der Waals surface area contributed by atoms with Gasteiger partial charge in [-0.05, 0) is 85.5 Å². The normalized spacial score (nSPS) is 49.1. The molecule has 7 nitrogen and oxygen atoms in total. The number of hydrogen-bond acceptors (Lipinski definition) is 7. The first-order chi connectivity index (χ1) is 14.7. The topological polar surface area (TPSA) is 120 Å². The van der Waals surface area contributed by atoms with Crippen LogP contribution in [0.25, 0.3) is 0 Å². The molecule has 1 aromatic rings. The molecule has 1 aliphatic heterocycles. The fraction of sp³-hybridized carbons (Fsp3) is 0.750. The first-order valence-electron chi connectivity index (χ1n) is 11.6. The monoisotopic (exact) mass is 434 g/mol. The van der Waals surface area contributed by atoms with Gasteiger partial charge in [0.1, 0.15) is 24.1 Å². The Hall–Kier alpha value is -1.22. The van der Waals surface area contributed by atoms with Crippen LogP contribution >= 0.6 is 0 Å². The number of aliphatic hydroxyl groups is 5. The largest absolute Gasteiger partial charge is 0.462 e. The number of fused-ring (bicyclic) bond motifs is 5. The molecule has 4 aliphatic rings. The molecule has 172 valence electrons. The lowest BCUT2D eigenvalue weighted by molar-refractivity contribution is -0.268. The van der Waals surface area contributed by atoms with Gasteiger partial charge in [-0.25, -0.2) is 0 Å². The van der Waals surface area contributed by atoms with Gasteiger partial charge in [-0.15, -0.1) is 0 Å². The van der Waals surface area contributed by atoms with Crippen LogP contribution in [0.1, 0.15) is 56.6 Å². The van der Waals surface area contributed by atoms with Crippen LogP contribution in [0, 0.1) is 17.3 Å². The van der Waals surface area contributed by atoms with Crippen molar-refractivity contribution in [2.24, 2.45) is 17.3 Å². The average Bonchev–Trinajstić information content (AvgIpc) is 2.99. The standard InChI is InChI=1S/C24H34O7/c1-11-19(26)20(27)21(28)23(30-11)31-13-4-6-14-12(9-13)3-5-16-15(14)7-8-24(2)17(16)10-18(25)22(24)29/h4,6,9,11,15-23,25-29H,3,5,7-8,10H2,1-2H3/t11-,15-,16-,17+,18-,19-,20+,21-,22+,23?,24+/m1/s1. The van der Waals surface area contributed by atoms with Crippen molar-refractivity contribution < 1.29 is 35.0 Å². The maximum Gasteiger partial charge on any atom is 0.229 e. The highest BCUT2D eigenvalue weighted by molar-refractivity contribution is 5.41. The Morgan fingerprint density at radius 1 is 1.03 bits per heavy atom. The summed E-state index contributed by atoms with van der Waals surface area (Å²) in [6.07, 6.45) is -2.23. The summed E-state index contributed by atoms with van der Waals surface area (Å²) in [7, 11) is 0. The summed E-state index contributed by atoms with van der Waals surface area (Å²) in [5.41, 5.74) is 2.34. The van der Waals surface area contributed by atoms with Crippen LogP contribution in [0.2, 0.25) is 0 Å². The lowest BCUT2D eigenvalue weighted by atomic mass is 9.55. The first kappa shape index (κ1) is 21.6.